The van der Waals surface area contributed by atoms with Crippen LogP contribution in [0, 0.1) is 0 Å². The van der Waals surface area contributed by atoms with Crippen molar-refractivity contribution in [1.82, 2.24) is 25.5 Å². The van der Waals surface area contributed by atoms with E-state index in [0.29, 0.717) is 12.1 Å². The summed E-state index contributed by atoms with van der Waals surface area (Å²) in [6.45, 7) is 4.76. The molecule has 0 radical (unpaired) electrons. The number of nitrogens with one attached hydrogen (secondary N) is 5. The van der Waals surface area contributed by atoms with Gasteiger partial charge in [0.05, 0.1) is 17.9 Å². The number of rotatable bonds is 11. The largest absolute Gasteiger partial charge is 1.00 e. The number of carboxylic acids is 1. The van der Waals surface area contributed by atoms with Crippen LogP contribution >= 0.6 is 11.8 Å². The van der Waals surface area contributed by atoms with Crippen LogP contribution in [0.15, 0.2) is 65.2 Å². The fourth-order valence-electron chi connectivity index (χ4n) is 4.19. The third-order valence-electron chi connectivity index (χ3n) is 6.12. The number of fused-ring (bicyclic) bond motifs is 1. The van der Waals surface area contributed by atoms with Crippen molar-refractivity contribution in [3.8, 4) is 0 Å². The fraction of sp³-hybridized carbons (Fsp3) is 0.269. The molecular weight excluding hydrogens is 593 g/mol. The molecule has 1 aromatic carbocycles. The summed E-state index contributed by atoms with van der Waals surface area (Å²) in [5, 5.41) is 21.3. The van der Waals surface area contributed by atoms with Gasteiger partial charge in [-0.2, -0.15) is 0 Å². The number of hydrogen-bond acceptors (Lipinski definition) is 11. The smallest absolute Gasteiger partial charge is 0.543 e. The SMILES string of the molecule is C=CCNc1ncc(NC(=O)N[C@@H](C(=O)NC2C(=O)N3C(C(=O)[O-])=C(COC(C)=O)CS[C@H]23)c2ccccc2)c(=O)[nH]1.[Na+]. The van der Waals surface area contributed by atoms with Crippen molar-refractivity contribution in [2.24, 2.45) is 0 Å². The molecule has 1 fully saturated rings. The number of nitrogens with zero attached hydrogens (tertiary/aromatic N) is 2. The Kier molecular flexibility index (Phi) is 11.5. The second-order valence-corrected chi connectivity index (χ2v) is 10.1. The Hall–Kier alpha value is -4.12. The second-order valence-electron chi connectivity index (χ2n) is 9.00. The van der Waals surface area contributed by atoms with Crippen LogP contribution in [0.4, 0.5) is 16.4 Å². The summed E-state index contributed by atoms with van der Waals surface area (Å²) in [5.74, 6) is -3.41. The number of amides is 4. The topological polar surface area (TPSA) is 215 Å². The van der Waals surface area contributed by atoms with Gasteiger partial charge in [-0.05, 0) is 5.56 Å². The van der Waals surface area contributed by atoms with Gasteiger partial charge in [0.2, 0.25) is 11.9 Å². The standard InChI is InChI=1S/C26H27N7O8S.Na/c1-3-9-27-25-28-10-16(20(35)32-25)29-26(40)31-17(14-7-5-4-6-8-14)21(36)30-18-22(37)33-19(24(38)39)15(11-41-13(2)34)12-42-23(18)33;/h3-8,10,17-18,23H,1,9,11-12H2,2H3,(H,30,36)(H,38,39)(H2,29,31,40)(H2,27,28,32,35);/q;+1/p-1/t17-,18?,23-;/m1./s1. The molecule has 3 heterocycles. The van der Waals surface area contributed by atoms with E-state index >= 15 is 0 Å². The Morgan fingerprint density at radius 2 is 1.98 bits per heavy atom. The first kappa shape index (κ1) is 33.4. The summed E-state index contributed by atoms with van der Waals surface area (Å²) in [6.07, 6.45) is 2.71. The number of thioether (sulfide) groups is 1. The van der Waals surface area contributed by atoms with E-state index in [9.17, 15) is 33.9 Å². The zero-order chi connectivity index (χ0) is 30.4. The summed E-state index contributed by atoms with van der Waals surface area (Å²) in [7, 11) is 0. The normalized spacial score (nSPS) is 17.7. The number of aromatic nitrogens is 2. The maximum atomic E-state index is 13.4. The quantitative estimate of drug-likeness (QED) is 0.0712. The molecule has 0 aliphatic carbocycles. The van der Waals surface area contributed by atoms with E-state index in [1.807, 2.05) is 0 Å². The molecule has 1 unspecified atom stereocenters. The van der Waals surface area contributed by atoms with Crippen molar-refractivity contribution in [3.63, 3.8) is 0 Å². The van der Waals surface area contributed by atoms with Crippen LogP contribution < -0.4 is 61.5 Å². The number of carbonyl (C=O) groups is 5. The van der Waals surface area contributed by atoms with Gasteiger partial charge in [0.25, 0.3) is 11.5 Å². The van der Waals surface area contributed by atoms with Gasteiger partial charge in [-0.3, -0.25) is 29.1 Å². The van der Waals surface area contributed by atoms with Crippen molar-refractivity contribution in [3.05, 3.63) is 76.4 Å². The Morgan fingerprint density at radius 1 is 1.26 bits per heavy atom. The van der Waals surface area contributed by atoms with Gasteiger partial charge in [0.1, 0.15) is 29.8 Å². The van der Waals surface area contributed by atoms with Gasteiger partial charge in [-0.25, -0.2) is 9.78 Å². The zero-order valence-corrected chi connectivity index (χ0v) is 26.0. The predicted molar refractivity (Wildman–Crippen MR) is 149 cm³/mol. The van der Waals surface area contributed by atoms with Crippen molar-refractivity contribution in [1.29, 1.82) is 0 Å². The molecule has 3 atom stereocenters. The number of aromatic amines is 1. The van der Waals surface area contributed by atoms with Crippen molar-refractivity contribution >= 4 is 53.2 Å². The summed E-state index contributed by atoms with van der Waals surface area (Å²) in [4.78, 5) is 82.0. The van der Waals surface area contributed by atoms with Gasteiger partial charge in [0, 0.05) is 24.8 Å². The molecule has 4 amide bonds. The number of H-pyrrole nitrogens is 1. The molecule has 15 nitrogen and oxygen atoms in total. The van der Waals surface area contributed by atoms with Gasteiger partial charge in [0.15, 0.2) is 0 Å². The first-order valence-corrected chi connectivity index (χ1v) is 13.5. The van der Waals surface area contributed by atoms with E-state index in [4.69, 9.17) is 4.74 Å². The minimum absolute atomic E-state index is 0. The zero-order valence-electron chi connectivity index (χ0n) is 23.2. The van der Waals surface area contributed by atoms with E-state index in [1.54, 1.807) is 36.4 Å². The molecule has 1 aromatic heterocycles. The van der Waals surface area contributed by atoms with Crippen molar-refractivity contribution in [2.45, 2.75) is 24.4 Å². The number of aliphatic carboxylic acids is 1. The summed E-state index contributed by atoms with van der Waals surface area (Å²) < 4.78 is 4.90. The summed E-state index contributed by atoms with van der Waals surface area (Å²) in [6, 6.07) is 4.87. The third kappa shape index (κ3) is 7.84. The summed E-state index contributed by atoms with van der Waals surface area (Å²) >= 11 is 1.17. The van der Waals surface area contributed by atoms with Crippen LogP contribution in [0.3, 0.4) is 0 Å². The number of β-lactam (4-membered cyclic amide) rings is 1. The predicted octanol–water partition coefficient (Wildman–Crippen LogP) is -3.80. The summed E-state index contributed by atoms with van der Waals surface area (Å²) in [5.41, 5.74) is -0.665. The number of carboxylic acid groups (broad SMARTS) is 1. The molecule has 1 saturated heterocycles. The Morgan fingerprint density at radius 3 is 2.60 bits per heavy atom. The van der Waals surface area contributed by atoms with Gasteiger partial charge < -0.3 is 35.9 Å². The second kappa shape index (κ2) is 14.9. The molecule has 2 aliphatic heterocycles. The average Bonchev–Trinajstić information content (AvgIpc) is 2.97. The molecule has 4 rings (SSSR count). The van der Waals surface area contributed by atoms with E-state index in [-0.39, 0.29) is 59.1 Å². The Labute approximate surface area is 271 Å². The van der Waals surface area contributed by atoms with Crippen LogP contribution in [-0.4, -0.2) is 75.0 Å². The molecule has 2 aliphatic rings. The Bertz CT molecular complexity index is 1520. The number of carbonyl (C=O) groups excluding carboxylic acids is 5. The maximum absolute atomic E-state index is 13.4. The van der Waals surface area contributed by atoms with E-state index in [0.717, 1.165) is 11.1 Å². The van der Waals surface area contributed by atoms with E-state index < -0.39 is 58.5 Å². The van der Waals surface area contributed by atoms with Gasteiger partial charge in [-0.1, -0.05) is 36.4 Å². The molecular formula is C26H26N7NaO8S. The molecule has 220 valence electrons. The van der Waals surface area contributed by atoms with Gasteiger partial charge >= 0.3 is 41.6 Å². The van der Waals surface area contributed by atoms with Gasteiger partial charge in [-0.15, -0.1) is 18.3 Å². The van der Waals surface area contributed by atoms with Crippen LogP contribution in [0.2, 0.25) is 0 Å². The fourth-order valence-corrected chi connectivity index (χ4v) is 5.51. The van der Waals surface area contributed by atoms with Crippen LogP contribution in [0.5, 0.6) is 0 Å². The molecule has 0 spiro atoms. The molecule has 2 aromatic rings. The number of esters is 1. The van der Waals surface area contributed by atoms with Crippen molar-refractivity contribution < 1.29 is 63.4 Å². The van der Waals surface area contributed by atoms with Crippen LogP contribution in [-0.2, 0) is 23.9 Å². The minimum atomic E-state index is -1.62. The monoisotopic (exact) mass is 619 g/mol. The molecule has 0 bridgehead atoms. The molecule has 43 heavy (non-hydrogen) atoms. The molecule has 17 heteroatoms. The number of anilines is 2. The maximum Gasteiger partial charge on any atom is 1.00 e. The van der Waals surface area contributed by atoms with E-state index in [2.05, 4.69) is 37.8 Å². The number of ether oxygens (including phenoxy) is 1. The van der Waals surface area contributed by atoms with Crippen LogP contribution in [0.25, 0.3) is 0 Å². The third-order valence-corrected chi connectivity index (χ3v) is 7.46. The Balaban J connectivity index is 0.00000506. The first-order valence-electron chi connectivity index (χ1n) is 12.5. The average molecular weight is 620 g/mol. The minimum Gasteiger partial charge on any atom is -0.543 e. The number of benzene rings is 1. The number of hydrogen-bond donors (Lipinski definition) is 5. The van der Waals surface area contributed by atoms with Crippen LogP contribution in [0.1, 0.15) is 18.5 Å². The van der Waals surface area contributed by atoms with Crippen molar-refractivity contribution in [2.75, 3.05) is 29.5 Å². The molecule has 0 saturated carbocycles. The van der Waals surface area contributed by atoms with E-state index in [1.165, 1.54) is 18.7 Å². The molecule has 5 N–H and O–H groups in total. The number of urea groups is 1. The first-order chi connectivity index (χ1) is 20.1.